The first-order chi connectivity index (χ1) is 12.7. The summed E-state index contributed by atoms with van der Waals surface area (Å²) in [4.78, 5) is 19.3. The maximum absolute atomic E-state index is 10.9. The normalized spacial score (nSPS) is 10.8. The van der Waals surface area contributed by atoms with E-state index < -0.39 is 4.92 Å². The van der Waals surface area contributed by atoms with Gasteiger partial charge in [-0.3, -0.25) is 10.1 Å². The second kappa shape index (κ2) is 6.25. The lowest BCUT2D eigenvalue weighted by molar-refractivity contribution is -0.384. The van der Waals surface area contributed by atoms with Crippen molar-refractivity contribution in [2.45, 2.75) is 0 Å². The van der Waals surface area contributed by atoms with Crippen LogP contribution in [0.2, 0.25) is 0 Å². The summed E-state index contributed by atoms with van der Waals surface area (Å²) in [6, 6.07) is 15.5. The molecule has 0 aliphatic carbocycles. The molecule has 4 rings (SSSR count). The Labute approximate surface area is 147 Å². The summed E-state index contributed by atoms with van der Waals surface area (Å²) in [5.74, 6) is 0.843. The van der Waals surface area contributed by atoms with E-state index in [-0.39, 0.29) is 11.6 Å². The van der Waals surface area contributed by atoms with Gasteiger partial charge >= 0.3 is 0 Å². The second-order valence-corrected chi connectivity index (χ2v) is 5.47. The molecule has 128 valence electrons. The Hall–Kier alpha value is -3.81. The highest BCUT2D eigenvalue weighted by molar-refractivity contribution is 5.85. The van der Waals surface area contributed by atoms with Gasteiger partial charge in [0.1, 0.15) is 0 Å². The van der Waals surface area contributed by atoms with Crippen molar-refractivity contribution < 1.29 is 14.2 Å². The lowest BCUT2D eigenvalue weighted by Gasteiger charge is -2.06. The SMILES string of the molecule is COc1nc2ccccc2cc1-c1noc(-c2cccc([N+](=O)[O-])c2)n1. The van der Waals surface area contributed by atoms with E-state index in [2.05, 4.69) is 15.1 Å². The van der Waals surface area contributed by atoms with Gasteiger partial charge in [-0.2, -0.15) is 4.98 Å². The largest absolute Gasteiger partial charge is 0.480 e. The van der Waals surface area contributed by atoms with Gasteiger partial charge in [0.25, 0.3) is 11.6 Å². The molecular weight excluding hydrogens is 336 g/mol. The molecule has 0 bridgehead atoms. The van der Waals surface area contributed by atoms with Gasteiger partial charge in [-0.15, -0.1) is 0 Å². The van der Waals surface area contributed by atoms with E-state index in [1.807, 2.05) is 30.3 Å². The topological polar surface area (TPSA) is 104 Å². The van der Waals surface area contributed by atoms with E-state index >= 15 is 0 Å². The summed E-state index contributed by atoms with van der Waals surface area (Å²) < 4.78 is 10.6. The molecule has 0 aliphatic heterocycles. The third-order valence-electron chi connectivity index (χ3n) is 3.85. The lowest BCUT2D eigenvalue weighted by atomic mass is 10.1. The van der Waals surface area contributed by atoms with Gasteiger partial charge in [-0.1, -0.05) is 29.4 Å². The number of hydrogen-bond donors (Lipinski definition) is 0. The zero-order valence-corrected chi connectivity index (χ0v) is 13.6. The van der Waals surface area contributed by atoms with Crippen molar-refractivity contribution in [2.75, 3.05) is 7.11 Å². The zero-order valence-electron chi connectivity index (χ0n) is 13.6. The van der Waals surface area contributed by atoms with Crippen LogP contribution < -0.4 is 4.74 Å². The van der Waals surface area contributed by atoms with Crippen molar-refractivity contribution in [2.24, 2.45) is 0 Å². The monoisotopic (exact) mass is 348 g/mol. The maximum atomic E-state index is 10.9. The number of nitro groups is 1. The molecule has 0 N–H and O–H groups in total. The highest BCUT2D eigenvalue weighted by Gasteiger charge is 2.18. The van der Waals surface area contributed by atoms with Crippen LogP contribution in [0.5, 0.6) is 5.88 Å². The Kier molecular flexibility index (Phi) is 3.77. The summed E-state index contributed by atoms with van der Waals surface area (Å²) >= 11 is 0. The Bertz CT molecular complexity index is 1120. The van der Waals surface area contributed by atoms with Crippen LogP contribution in [-0.2, 0) is 0 Å². The minimum Gasteiger partial charge on any atom is -0.480 e. The summed E-state index contributed by atoms with van der Waals surface area (Å²) in [7, 11) is 1.52. The molecule has 2 aromatic heterocycles. The summed E-state index contributed by atoms with van der Waals surface area (Å²) in [6.07, 6.45) is 0. The number of ether oxygens (including phenoxy) is 1. The highest BCUT2D eigenvalue weighted by Crippen LogP contribution is 2.31. The number of nitro benzene ring substituents is 1. The molecule has 0 saturated heterocycles. The van der Waals surface area contributed by atoms with Crippen LogP contribution in [-0.4, -0.2) is 27.2 Å². The Morgan fingerprint density at radius 1 is 1.08 bits per heavy atom. The summed E-state index contributed by atoms with van der Waals surface area (Å²) in [5.41, 5.74) is 1.78. The molecule has 0 aliphatic rings. The van der Waals surface area contributed by atoms with Crippen molar-refractivity contribution >= 4 is 16.6 Å². The number of methoxy groups -OCH3 is 1. The zero-order chi connectivity index (χ0) is 18.1. The lowest BCUT2D eigenvalue weighted by Crippen LogP contribution is -1.94. The van der Waals surface area contributed by atoms with Crippen molar-refractivity contribution in [1.82, 2.24) is 15.1 Å². The number of pyridine rings is 1. The van der Waals surface area contributed by atoms with E-state index in [0.29, 0.717) is 22.8 Å². The molecule has 0 atom stereocenters. The van der Waals surface area contributed by atoms with Gasteiger partial charge in [-0.25, -0.2) is 4.98 Å². The van der Waals surface area contributed by atoms with Crippen molar-refractivity contribution in [1.29, 1.82) is 0 Å². The van der Waals surface area contributed by atoms with Crippen molar-refractivity contribution in [3.63, 3.8) is 0 Å². The molecule has 8 heteroatoms. The van der Waals surface area contributed by atoms with E-state index in [9.17, 15) is 10.1 Å². The molecule has 2 aromatic carbocycles. The van der Waals surface area contributed by atoms with E-state index in [1.165, 1.54) is 19.2 Å². The molecule has 0 unspecified atom stereocenters. The average Bonchev–Trinajstić information content (AvgIpc) is 3.17. The Morgan fingerprint density at radius 3 is 2.73 bits per heavy atom. The Balaban J connectivity index is 1.80. The number of aromatic nitrogens is 3. The number of fused-ring (bicyclic) bond motifs is 1. The quantitative estimate of drug-likeness (QED) is 0.407. The number of hydrogen-bond acceptors (Lipinski definition) is 7. The van der Waals surface area contributed by atoms with Gasteiger partial charge in [-0.05, 0) is 18.2 Å². The van der Waals surface area contributed by atoms with Crippen LogP contribution in [0.4, 0.5) is 5.69 Å². The van der Waals surface area contributed by atoms with Gasteiger partial charge in [0.15, 0.2) is 0 Å². The molecule has 4 aromatic rings. The standard InChI is InChI=1S/C18H12N4O4/c1-25-18-14(10-11-5-2-3-8-15(11)19-18)16-20-17(26-21-16)12-6-4-7-13(9-12)22(23)24/h2-10H,1H3. The number of rotatable bonds is 4. The average molecular weight is 348 g/mol. The van der Waals surface area contributed by atoms with Crippen molar-refractivity contribution in [3.05, 3.63) is 64.7 Å². The first-order valence-corrected chi connectivity index (χ1v) is 7.68. The van der Waals surface area contributed by atoms with Crippen LogP contribution in [0.1, 0.15) is 0 Å². The molecule has 0 amide bonds. The number of benzene rings is 2. The highest BCUT2D eigenvalue weighted by atomic mass is 16.6. The first kappa shape index (κ1) is 15.7. The smallest absolute Gasteiger partial charge is 0.270 e. The van der Waals surface area contributed by atoms with E-state index in [1.54, 1.807) is 12.1 Å². The predicted molar refractivity (Wildman–Crippen MR) is 93.7 cm³/mol. The van der Waals surface area contributed by atoms with Gasteiger partial charge in [0.05, 0.1) is 23.1 Å². The third kappa shape index (κ3) is 2.73. The summed E-state index contributed by atoms with van der Waals surface area (Å²) in [6.45, 7) is 0. The Morgan fingerprint density at radius 2 is 1.92 bits per heavy atom. The molecule has 2 heterocycles. The second-order valence-electron chi connectivity index (χ2n) is 5.47. The van der Waals surface area contributed by atoms with Crippen LogP contribution in [0.25, 0.3) is 33.7 Å². The molecule has 26 heavy (non-hydrogen) atoms. The maximum Gasteiger partial charge on any atom is 0.270 e. The van der Waals surface area contributed by atoms with E-state index in [4.69, 9.17) is 9.26 Å². The fourth-order valence-electron chi connectivity index (χ4n) is 2.62. The fraction of sp³-hybridized carbons (Fsp3) is 0.0556. The minimum atomic E-state index is -0.475. The molecule has 0 spiro atoms. The predicted octanol–water partition coefficient (Wildman–Crippen LogP) is 3.87. The third-order valence-corrected chi connectivity index (χ3v) is 3.85. The molecule has 0 saturated carbocycles. The van der Waals surface area contributed by atoms with Crippen LogP contribution in [0.15, 0.2) is 59.1 Å². The molecule has 0 radical (unpaired) electrons. The first-order valence-electron chi connectivity index (χ1n) is 7.68. The summed E-state index contributed by atoms with van der Waals surface area (Å²) in [5, 5.41) is 15.8. The number of non-ortho nitro benzene ring substituents is 1. The van der Waals surface area contributed by atoms with Crippen LogP contribution in [0.3, 0.4) is 0 Å². The molecule has 0 fully saturated rings. The van der Waals surface area contributed by atoms with Gasteiger partial charge in [0, 0.05) is 23.1 Å². The fourth-order valence-corrected chi connectivity index (χ4v) is 2.62. The minimum absolute atomic E-state index is 0.0489. The van der Waals surface area contributed by atoms with Crippen LogP contribution in [0, 0.1) is 10.1 Å². The van der Waals surface area contributed by atoms with E-state index in [0.717, 1.165) is 10.9 Å². The van der Waals surface area contributed by atoms with Crippen LogP contribution >= 0.6 is 0 Å². The van der Waals surface area contributed by atoms with Gasteiger partial charge < -0.3 is 9.26 Å². The molecular formula is C18H12N4O4. The number of nitrogens with zero attached hydrogens (tertiary/aromatic N) is 4. The van der Waals surface area contributed by atoms with Gasteiger partial charge in [0.2, 0.25) is 11.7 Å². The van der Waals surface area contributed by atoms with Crippen molar-refractivity contribution in [3.8, 4) is 28.7 Å². The molecule has 8 nitrogen and oxygen atoms in total. The number of para-hydroxylation sites is 1.